The SMILES string of the molecule is O=c1cccc2n1C[C@@H]1C[C@@H]2CN(Cc2ccc3ccccc3c2)C1. The number of likely N-dealkylation sites (tertiary alicyclic amines) is 1. The third-order valence-electron chi connectivity index (χ3n) is 5.78. The van der Waals surface area contributed by atoms with Crippen LogP contribution in [-0.4, -0.2) is 22.6 Å². The van der Waals surface area contributed by atoms with Crippen LogP contribution >= 0.6 is 0 Å². The summed E-state index contributed by atoms with van der Waals surface area (Å²) in [7, 11) is 0. The van der Waals surface area contributed by atoms with Crippen LogP contribution in [0, 0.1) is 5.92 Å². The van der Waals surface area contributed by atoms with Gasteiger partial charge in [-0.25, -0.2) is 0 Å². The van der Waals surface area contributed by atoms with Crippen LogP contribution in [0.1, 0.15) is 23.6 Å². The number of hydrogen-bond donors (Lipinski definition) is 0. The first kappa shape index (κ1) is 14.9. The van der Waals surface area contributed by atoms with E-state index in [1.54, 1.807) is 6.07 Å². The Morgan fingerprint density at radius 2 is 1.76 bits per heavy atom. The third kappa shape index (κ3) is 2.69. The van der Waals surface area contributed by atoms with E-state index in [1.165, 1.54) is 28.5 Å². The highest BCUT2D eigenvalue weighted by atomic mass is 16.1. The van der Waals surface area contributed by atoms with Crippen molar-refractivity contribution in [1.29, 1.82) is 0 Å². The Kier molecular flexibility index (Phi) is 3.49. The van der Waals surface area contributed by atoms with Crippen LogP contribution in [0.25, 0.3) is 10.8 Å². The van der Waals surface area contributed by atoms with Crippen molar-refractivity contribution in [3.8, 4) is 0 Å². The predicted octanol–water partition coefficient (Wildman–Crippen LogP) is 3.62. The van der Waals surface area contributed by atoms with E-state index in [9.17, 15) is 4.79 Å². The molecule has 0 spiro atoms. The molecule has 2 aromatic carbocycles. The van der Waals surface area contributed by atoms with E-state index in [0.29, 0.717) is 11.8 Å². The average Bonchev–Trinajstić information content (AvgIpc) is 2.63. The summed E-state index contributed by atoms with van der Waals surface area (Å²) < 4.78 is 2.01. The molecule has 2 atom stereocenters. The fourth-order valence-electron chi connectivity index (χ4n) is 4.72. The molecule has 25 heavy (non-hydrogen) atoms. The summed E-state index contributed by atoms with van der Waals surface area (Å²) >= 11 is 0. The number of nitrogens with zero attached hydrogens (tertiary/aromatic N) is 2. The van der Waals surface area contributed by atoms with Crippen molar-refractivity contribution in [3.05, 3.63) is 82.3 Å². The number of fused-ring (bicyclic) bond motifs is 5. The van der Waals surface area contributed by atoms with E-state index in [-0.39, 0.29) is 5.56 Å². The highest BCUT2D eigenvalue weighted by molar-refractivity contribution is 5.82. The van der Waals surface area contributed by atoms with Crippen LogP contribution in [0.4, 0.5) is 0 Å². The molecule has 126 valence electrons. The van der Waals surface area contributed by atoms with Crippen molar-refractivity contribution in [2.24, 2.45) is 5.92 Å². The third-order valence-corrected chi connectivity index (χ3v) is 5.78. The van der Waals surface area contributed by atoms with Gasteiger partial charge in [0.1, 0.15) is 0 Å². The molecule has 1 fully saturated rings. The van der Waals surface area contributed by atoms with E-state index in [1.807, 2.05) is 10.6 Å². The highest BCUT2D eigenvalue weighted by Crippen LogP contribution is 2.35. The predicted molar refractivity (Wildman–Crippen MR) is 101 cm³/mol. The molecule has 2 aliphatic rings. The first-order chi connectivity index (χ1) is 12.3. The summed E-state index contributed by atoms with van der Waals surface area (Å²) in [4.78, 5) is 14.7. The molecule has 2 aliphatic heterocycles. The van der Waals surface area contributed by atoms with Gasteiger partial charge in [-0.15, -0.1) is 0 Å². The second-order valence-electron chi connectivity index (χ2n) is 7.57. The normalized spacial score (nSPS) is 22.7. The second kappa shape index (κ2) is 5.85. The summed E-state index contributed by atoms with van der Waals surface area (Å²) in [6, 6.07) is 21.1. The van der Waals surface area contributed by atoms with Crippen LogP contribution in [-0.2, 0) is 13.1 Å². The lowest BCUT2D eigenvalue weighted by atomic mass is 9.83. The van der Waals surface area contributed by atoms with Gasteiger partial charge in [-0.05, 0) is 40.8 Å². The van der Waals surface area contributed by atoms with Gasteiger partial charge in [0.05, 0.1) is 0 Å². The number of aromatic nitrogens is 1. The maximum absolute atomic E-state index is 12.1. The molecule has 5 rings (SSSR count). The van der Waals surface area contributed by atoms with Crippen molar-refractivity contribution in [3.63, 3.8) is 0 Å². The summed E-state index contributed by atoms with van der Waals surface area (Å²) in [6.45, 7) is 4.01. The minimum Gasteiger partial charge on any atom is -0.312 e. The van der Waals surface area contributed by atoms with Gasteiger partial charge in [-0.1, -0.05) is 42.5 Å². The first-order valence-electron chi connectivity index (χ1n) is 9.16. The molecule has 0 saturated carbocycles. The number of benzene rings is 2. The fourth-order valence-corrected chi connectivity index (χ4v) is 4.72. The molecule has 3 nitrogen and oxygen atoms in total. The molecule has 0 N–H and O–H groups in total. The molecule has 0 radical (unpaired) electrons. The van der Waals surface area contributed by atoms with Crippen LogP contribution in [0.15, 0.2) is 65.5 Å². The fraction of sp³-hybridized carbons (Fsp3) is 0.318. The number of rotatable bonds is 2. The summed E-state index contributed by atoms with van der Waals surface area (Å²) in [6.07, 6.45) is 1.22. The maximum Gasteiger partial charge on any atom is 0.250 e. The molecule has 2 bridgehead atoms. The van der Waals surface area contributed by atoms with Crippen LogP contribution in [0.5, 0.6) is 0 Å². The molecule has 0 unspecified atom stereocenters. The smallest absolute Gasteiger partial charge is 0.250 e. The zero-order chi connectivity index (χ0) is 16.8. The largest absolute Gasteiger partial charge is 0.312 e. The van der Waals surface area contributed by atoms with E-state index < -0.39 is 0 Å². The Bertz CT molecular complexity index is 990. The van der Waals surface area contributed by atoms with Gasteiger partial charge in [0.25, 0.3) is 5.56 Å². The van der Waals surface area contributed by atoms with E-state index in [2.05, 4.69) is 53.4 Å². The standard InChI is InChI=1S/C22H22N2O/c25-22-7-3-6-21-20-11-17(14-24(21)22)13-23(15-20)12-16-8-9-18-4-1-2-5-19(18)10-16/h1-10,17,20H,11-15H2/t17-,20-/m1/s1. The van der Waals surface area contributed by atoms with Crippen molar-refractivity contribution >= 4 is 10.8 Å². The molecular formula is C22H22N2O. The lowest BCUT2D eigenvalue weighted by molar-refractivity contribution is 0.114. The Morgan fingerprint density at radius 1 is 0.880 bits per heavy atom. The van der Waals surface area contributed by atoms with E-state index in [0.717, 1.165) is 26.2 Å². The lowest BCUT2D eigenvalue weighted by Crippen LogP contribution is -2.46. The molecule has 3 heterocycles. The number of pyridine rings is 1. The maximum atomic E-state index is 12.1. The van der Waals surface area contributed by atoms with E-state index in [4.69, 9.17) is 0 Å². The highest BCUT2D eigenvalue weighted by Gasteiger charge is 2.34. The van der Waals surface area contributed by atoms with Crippen molar-refractivity contribution in [1.82, 2.24) is 9.47 Å². The van der Waals surface area contributed by atoms with Gasteiger partial charge < -0.3 is 4.57 Å². The van der Waals surface area contributed by atoms with Gasteiger partial charge in [0, 0.05) is 43.9 Å². The molecule has 1 saturated heterocycles. The Labute approximate surface area is 147 Å². The van der Waals surface area contributed by atoms with Crippen molar-refractivity contribution in [2.45, 2.75) is 25.4 Å². The summed E-state index contributed by atoms with van der Waals surface area (Å²) in [5, 5.41) is 2.61. The van der Waals surface area contributed by atoms with Gasteiger partial charge in [-0.3, -0.25) is 9.69 Å². The van der Waals surface area contributed by atoms with Gasteiger partial charge in [-0.2, -0.15) is 0 Å². The zero-order valence-corrected chi connectivity index (χ0v) is 14.3. The quantitative estimate of drug-likeness (QED) is 0.717. The van der Waals surface area contributed by atoms with Crippen molar-refractivity contribution in [2.75, 3.05) is 13.1 Å². The Morgan fingerprint density at radius 3 is 2.68 bits per heavy atom. The topological polar surface area (TPSA) is 25.2 Å². The molecule has 0 amide bonds. The lowest BCUT2D eigenvalue weighted by Gasteiger charge is -2.42. The summed E-state index contributed by atoms with van der Waals surface area (Å²) in [5.74, 6) is 1.08. The molecule has 1 aromatic heterocycles. The molecule has 3 aromatic rings. The zero-order valence-electron chi connectivity index (χ0n) is 14.3. The van der Waals surface area contributed by atoms with Crippen LogP contribution < -0.4 is 5.56 Å². The monoisotopic (exact) mass is 330 g/mol. The number of hydrogen-bond acceptors (Lipinski definition) is 2. The minimum atomic E-state index is 0.162. The Balaban J connectivity index is 1.40. The Hall–Kier alpha value is -2.39. The van der Waals surface area contributed by atoms with Gasteiger partial charge >= 0.3 is 0 Å². The first-order valence-corrected chi connectivity index (χ1v) is 9.16. The van der Waals surface area contributed by atoms with Crippen molar-refractivity contribution < 1.29 is 0 Å². The second-order valence-corrected chi connectivity index (χ2v) is 7.57. The van der Waals surface area contributed by atoms with E-state index >= 15 is 0 Å². The van der Waals surface area contributed by atoms with Gasteiger partial charge in [0.15, 0.2) is 0 Å². The number of piperidine rings is 1. The molecular weight excluding hydrogens is 308 g/mol. The summed E-state index contributed by atoms with van der Waals surface area (Å²) in [5.41, 5.74) is 2.77. The van der Waals surface area contributed by atoms with Crippen LogP contribution in [0.3, 0.4) is 0 Å². The molecule has 3 heteroatoms. The minimum absolute atomic E-state index is 0.162. The molecule has 0 aliphatic carbocycles. The average molecular weight is 330 g/mol. The van der Waals surface area contributed by atoms with Crippen LogP contribution in [0.2, 0.25) is 0 Å². The van der Waals surface area contributed by atoms with Gasteiger partial charge in [0.2, 0.25) is 0 Å².